The van der Waals surface area contributed by atoms with Crippen molar-refractivity contribution < 1.29 is 24.5 Å². The van der Waals surface area contributed by atoms with Gasteiger partial charge in [0.15, 0.2) is 0 Å². The summed E-state index contributed by atoms with van der Waals surface area (Å²) in [6.07, 6.45) is 3.64. The summed E-state index contributed by atoms with van der Waals surface area (Å²) in [6, 6.07) is 17.2. The predicted octanol–water partition coefficient (Wildman–Crippen LogP) is 3.57. The number of fused-ring (bicyclic) bond motifs is 3. The predicted molar refractivity (Wildman–Crippen MR) is 69.7 cm³/mol. The first-order chi connectivity index (χ1) is 8.92. The molecule has 0 aliphatic heterocycles. The second-order valence-electron chi connectivity index (χ2n) is 4.14. The van der Waals surface area contributed by atoms with Gasteiger partial charge in [-0.2, -0.15) is 11.2 Å². The third kappa shape index (κ3) is 1.89. The Bertz CT molecular complexity index is 834. The summed E-state index contributed by atoms with van der Waals surface area (Å²) in [5.74, 6) is 0. The molecule has 0 aliphatic carbocycles. The van der Waals surface area contributed by atoms with Gasteiger partial charge in [-0.1, -0.05) is 23.6 Å². The van der Waals surface area contributed by atoms with Crippen LogP contribution in [0.1, 0.15) is 0 Å². The maximum absolute atomic E-state index is 5.79. The van der Waals surface area contributed by atoms with Crippen LogP contribution in [0, 0.1) is 6.07 Å². The molecule has 0 bridgehead atoms. The Morgan fingerprint density at radius 1 is 1.00 bits per heavy atom. The minimum Gasteiger partial charge on any atom is -0.483 e. The van der Waals surface area contributed by atoms with E-state index in [1.54, 1.807) is 10.9 Å². The van der Waals surface area contributed by atoms with Gasteiger partial charge in [-0.25, -0.2) is 0 Å². The van der Waals surface area contributed by atoms with Crippen molar-refractivity contribution in [2.24, 2.45) is 0 Å². The molecule has 4 heteroatoms. The Labute approximate surface area is 123 Å². The Kier molecular flexibility index (Phi) is 2.97. The summed E-state index contributed by atoms with van der Waals surface area (Å²) in [4.78, 5) is 0. The van der Waals surface area contributed by atoms with Crippen LogP contribution in [0.3, 0.4) is 0 Å². The summed E-state index contributed by atoms with van der Waals surface area (Å²) >= 11 is 0. The van der Waals surface area contributed by atoms with E-state index in [0.717, 1.165) is 27.6 Å². The molecule has 19 heavy (non-hydrogen) atoms. The van der Waals surface area contributed by atoms with E-state index in [-0.39, 0.29) is 20.1 Å². The van der Waals surface area contributed by atoms with Crippen molar-refractivity contribution in [2.75, 3.05) is 0 Å². The Morgan fingerprint density at radius 3 is 2.74 bits per heavy atom. The molecule has 2 aromatic carbocycles. The molecule has 4 rings (SSSR count). The smallest absolute Gasteiger partial charge is 0.120 e. The second kappa shape index (κ2) is 4.65. The Morgan fingerprint density at radius 2 is 1.89 bits per heavy atom. The zero-order valence-electron chi connectivity index (χ0n) is 9.83. The van der Waals surface area contributed by atoms with Gasteiger partial charge in [0, 0.05) is 38.1 Å². The topological polar surface area (TPSA) is 31.0 Å². The van der Waals surface area contributed by atoms with Gasteiger partial charge in [-0.3, -0.25) is 4.68 Å². The molecule has 0 atom stereocenters. The zero-order chi connectivity index (χ0) is 11.9. The summed E-state index contributed by atoms with van der Waals surface area (Å²) in [6.45, 7) is 0. The van der Waals surface area contributed by atoms with Gasteiger partial charge < -0.3 is 4.42 Å². The molecule has 0 saturated carbocycles. The van der Waals surface area contributed by atoms with Crippen molar-refractivity contribution in [1.82, 2.24) is 9.78 Å². The molecule has 2 heterocycles. The number of rotatable bonds is 1. The number of benzene rings is 2. The van der Waals surface area contributed by atoms with Gasteiger partial charge in [-0.15, -0.1) is 12.1 Å². The fourth-order valence-corrected chi connectivity index (χ4v) is 2.19. The van der Waals surface area contributed by atoms with Gasteiger partial charge in [0.25, 0.3) is 0 Å². The van der Waals surface area contributed by atoms with Gasteiger partial charge in [0.2, 0.25) is 0 Å². The van der Waals surface area contributed by atoms with E-state index in [9.17, 15) is 0 Å². The van der Waals surface area contributed by atoms with Crippen LogP contribution in [0.5, 0.6) is 0 Å². The number of nitrogens with zero attached hydrogens (tertiary/aromatic N) is 2. The molecule has 3 nitrogen and oxygen atoms in total. The number of furan rings is 1. The molecule has 0 spiro atoms. The van der Waals surface area contributed by atoms with Crippen LogP contribution < -0.4 is 0 Å². The normalized spacial score (nSPS) is 10.7. The maximum atomic E-state index is 5.79. The average molecular weight is 425 g/mol. The van der Waals surface area contributed by atoms with Gasteiger partial charge in [0.05, 0.1) is 0 Å². The molecule has 0 N–H and O–H groups in total. The van der Waals surface area contributed by atoms with E-state index in [4.69, 9.17) is 4.42 Å². The first kappa shape index (κ1) is 12.1. The molecule has 95 valence electrons. The first-order valence-corrected chi connectivity index (χ1v) is 5.75. The number of para-hydroxylation sites is 1. The summed E-state index contributed by atoms with van der Waals surface area (Å²) in [5, 5.41) is 6.40. The van der Waals surface area contributed by atoms with Crippen molar-refractivity contribution in [2.45, 2.75) is 0 Å². The number of aromatic nitrogens is 2. The van der Waals surface area contributed by atoms with Crippen LogP contribution in [0.15, 0.2) is 59.3 Å². The molecule has 0 saturated heterocycles. The maximum Gasteiger partial charge on any atom is 0.120 e. The molecule has 0 fully saturated rings. The van der Waals surface area contributed by atoms with Crippen molar-refractivity contribution in [3.63, 3.8) is 0 Å². The van der Waals surface area contributed by atoms with Crippen LogP contribution in [0.25, 0.3) is 27.6 Å². The van der Waals surface area contributed by atoms with Gasteiger partial charge >= 0.3 is 0 Å². The molecule has 0 amide bonds. The fourth-order valence-electron chi connectivity index (χ4n) is 2.19. The first-order valence-electron chi connectivity index (χ1n) is 5.75. The molecule has 0 unspecified atom stereocenters. The Hall–Kier alpha value is -1.90. The molecule has 4 aromatic rings. The fraction of sp³-hybridized carbons (Fsp3) is 0. The SMILES string of the molecule is [Ir].[c-]1c(-n2cccn2)ccc2c1oc1ccccc12. The quantitative estimate of drug-likeness (QED) is 0.437. The van der Waals surface area contributed by atoms with E-state index in [1.165, 1.54) is 0 Å². The molecule has 2 aromatic heterocycles. The molecular formula is C15H9IrN2O-. The monoisotopic (exact) mass is 426 g/mol. The van der Waals surface area contributed by atoms with E-state index >= 15 is 0 Å². The van der Waals surface area contributed by atoms with E-state index in [2.05, 4.69) is 23.3 Å². The minimum absolute atomic E-state index is 0. The van der Waals surface area contributed by atoms with Crippen molar-refractivity contribution >= 4 is 21.9 Å². The van der Waals surface area contributed by atoms with Crippen LogP contribution in [-0.2, 0) is 20.1 Å². The Balaban J connectivity index is 0.00000110. The third-order valence-corrected chi connectivity index (χ3v) is 3.03. The van der Waals surface area contributed by atoms with Crippen LogP contribution in [0.4, 0.5) is 0 Å². The minimum atomic E-state index is 0. The van der Waals surface area contributed by atoms with E-state index < -0.39 is 0 Å². The van der Waals surface area contributed by atoms with Crippen LogP contribution >= 0.6 is 0 Å². The van der Waals surface area contributed by atoms with Gasteiger partial charge in [-0.05, 0) is 23.2 Å². The largest absolute Gasteiger partial charge is 0.483 e. The second-order valence-corrected chi connectivity index (χ2v) is 4.14. The third-order valence-electron chi connectivity index (χ3n) is 3.03. The molecule has 0 aliphatic rings. The standard InChI is InChI=1S/C15H9N2O.Ir/c1-2-5-14-12(4-1)13-7-6-11(10-15(13)18-14)17-9-3-8-16-17;/h1-9H;/q-1;. The number of hydrogen-bond acceptors (Lipinski definition) is 2. The van der Waals surface area contributed by atoms with E-state index in [0.29, 0.717) is 0 Å². The van der Waals surface area contributed by atoms with Crippen molar-refractivity contribution in [3.8, 4) is 5.69 Å². The average Bonchev–Trinajstić information content (AvgIpc) is 3.05. The molecular weight excluding hydrogens is 416 g/mol. The van der Waals surface area contributed by atoms with Gasteiger partial charge in [0.1, 0.15) is 5.58 Å². The summed E-state index contributed by atoms with van der Waals surface area (Å²) < 4.78 is 7.56. The van der Waals surface area contributed by atoms with Crippen LogP contribution in [-0.4, -0.2) is 9.78 Å². The number of hydrogen-bond donors (Lipinski definition) is 0. The molecule has 1 radical (unpaired) electrons. The summed E-state index contributed by atoms with van der Waals surface area (Å²) in [5.41, 5.74) is 2.54. The van der Waals surface area contributed by atoms with Crippen molar-refractivity contribution in [1.29, 1.82) is 0 Å². The van der Waals surface area contributed by atoms with Crippen molar-refractivity contribution in [3.05, 3.63) is 60.9 Å². The van der Waals surface area contributed by atoms with Crippen LogP contribution in [0.2, 0.25) is 0 Å². The van der Waals surface area contributed by atoms with E-state index in [1.807, 2.05) is 36.5 Å². The summed E-state index contributed by atoms with van der Waals surface area (Å²) in [7, 11) is 0. The zero-order valence-corrected chi connectivity index (χ0v) is 12.2.